The summed E-state index contributed by atoms with van der Waals surface area (Å²) in [4.78, 5) is 0.876. The van der Waals surface area contributed by atoms with Crippen LogP contribution in [-0.4, -0.2) is 12.0 Å². The third-order valence-electron chi connectivity index (χ3n) is 2.02. The monoisotopic (exact) mass is 197 g/mol. The van der Waals surface area contributed by atoms with Gasteiger partial charge < -0.3 is 9.73 Å². The summed E-state index contributed by atoms with van der Waals surface area (Å²) in [6.07, 6.45) is 0.846. The standard InChI is InChI=1S/C10H15NOS/c1-7(6-10(13)11-3)9-5-4-8(2)12-9/h4-5,7H,6H2,1-3H3,(H,11,13). The molecule has 0 bridgehead atoms. The van der Waals surface area contributed by atoms with Crippen LogP contribution in [0.25, 0.3) is 0 Å². The van der Waals surface area contributed by atoms with E-state index < -0.39 is 0 Å². The smallest absolute Gasteiger partial charge is 0.107 e. The van der Waals surface area contributed by atoms with Crippen LogP contribution in [0.2, 0.25) is 0 Å². The molecule has 0 spiro atoms. The molecule has 0 aliphatic heterocycles. The van der Waals surface area contributed by atoms with Crippen molar-refractivity contribution in [2.45, 2.75) is 26.2 Å². The average molecular weight is 197 g/mol. The molecule has 0 saturated heterocycles. The Bertz CT molecular complexity index is 293. The molecule has 0 aliphatic rings. The Morgan fingerprint density at radius 1 is 1.62 bits per heavy atom. The lowest BCUT2D eigenvalue weighted by Crippen LogP contribution is -2.17. The molecule has 1 aromatic rings. The van der Waals surface area contributed by atoms with Gasteiger partial charge >= 0.3 is 0 Å². The summed E-state index contributed by atoms with van der Waals surface area (Å²) in [7, 11) is 1.85. The average Bonchev–Trinajstić information content (AvgIpc) is 2.51. The molecule has 1 N–H and O–H groups in total. The number of thiocarbonyl (C=S) groups is 1. The molecule has 0 aliphatic carbocycles. The Balaban J connectivity index is 2.58. The number of nitrogens with one attached hydrogen (secondary N) is 1. The molecule has 0 radical (unpaired) electrons. The minimum atomic E-state index is 0.355. The molecular formula is C10H15NOS. The van der Waals surface area contributed by atoms with E-state index in [0.29, 0.717) is 5.92 Å². The van der Waals surface area contributed by atoms with Crippen LogP contribution in [0.5, 0.6) is 0 Å². The predicted octanol–water partition coefficient (Wildman–Crippen LogP) is 2.63. The van der Waals surface area contributed by atoms with Crippen molar-refractivity contribution < 1.29 is 4.42 Å². The van der Waals surface area contributed by atoms with Crippen molar-refractivity contribution in [2.75, 3.05) is 7.05 Å². The van der Waals surface area contributed by atoms with E-state index in [1.54, 1.807) is 0 Å². The largest absolute Gasteiger partial charge is 0.466 e. The maximum atomic E-state index is 5.50. The van der Waals surface area contributed by atoms with Gasteiger partial charge in [0.2, 0.25) is 0 Å². The minimum absolute atomic E-state index is 0.355. The topological polar surface area (TPSA) is 25.2 Å². The molecule has 0 aromatic carbocycles. The number of hydrogen-bond acceptors (Lipinski definition) is 2. The molecular weight excluding hydrogens is 182 g/mol. The summed E-state index contributed by atoms with van der Waals surface area (Å²) in [5, 5.41) is 2.96. The minimum Gasteiger partial charge on any atom is -0.466 e. The highest BCUT2D eigenvalue weighted by Gasteiger charge is 2.10. The van der Waals surface area contributed by atoms with Crippen LogP contribution in [0.15, 0.2) is 16.5 Å². The van der Waals surface area contributed by atoms with Gasteiger partial charge in [-0.15, -0.1) is 0 Å². The molecule has 1 unspecified atom stereocenters. The van der Waals surface area contributed by atoms with Crippen molar-refractivity contribution in [3.05, 3.63) is 23.7 Å². The Kier molecular flexibility index (Phi) is 3.48. The maximum absolute atomic E-state index is 5.50. The zero-order valence-corrected chi connectivity index (χ0v) is 9.07. The molecule has 0 fully saturated rings. The normalized spacial score (nSPS) is 12.5. The summed E-state index contributed by atoms with van der Waals surface area (Å²) in [5.41, 5.74) is 0. The maximum Gasteiger partial charge on any atom is 0.107 e. The van der Waals surface area contributed by atoms with Crippen molar-refractivity contribution in [1.82, 2.24) is 5.32 Å². The van der Waals surface area contributed by atoms with Gasteiger partial charge in [0.05, 0.1) is 4.99 Å². The predicted molar refractivity (Wildman–Crippen MR) is 58.1 cm³/mol. The first kappa shape index (κ1) is 10.3. The molecule has 0 amide bonds. The Hall–Kier alpha value is -0.830. The molecule has 13 heavy (non-hydrogen) atoms. The fourth-order valence-electron chi connectivity index (χ4n) is 1.20. The molecule has 3 heteroatoms. The number of rotatable bonds is 3. The van der Waals surface area contributed by atoms with E-state index in [-0.39, 0.29) is 0 Å². The zero-order valence-electron chi connectivity index (χ0n) is 8.26. The third-order valence-corrected chi connectivity index (χ3v) is 2.39. The van der Waals surface area contributed by atoms with Crippen LogP contribution in [-0.2, 0) is 0 Å². The first-order valence-electron chi connectivity index (χ1n) is 4.40. The number of furan rings is 1. The van der Waals surface area contributed by atoms with Gasteiger partial charge in [0.15, 0.2) is 0 Å². The summed E-state index contributed by atoms with van der Waals surface area (Å²) in [5.74, 6) is 2.32. The quantitative estimate of drug-likeness (QED) is 0.754. The van der Waals surface area contributed by atoms with Crippen molar-refractivity contribution in [3.8, 4) is 0 Å². The molecule has 1 atom stereocenters. The molecule has 2 nitrogen and oxygen atoms in total. The van der Waals surface area contributed by atoms with E-state index in [4.69, 9.17) is 16.6 Å². The van der Waals surface area contributed by atoms with E-state index in [2.05, 4.69) is 12.2 Å². The first-order chi connectivity index (χ1) is 6.13. The van der Waals surface area contributed by atoms with Gasteiger partial charge in [0.25, 0.3) is 0 Å². The van der Waals surface area contributed by atoms with E-state index in [9.17, 15) is 0 Å². The summed E-state index contributed by atoms with van der Waals surface area (Å²) in [6, 6.07) is 3.99. The van der Waals surface area contributed by atoms with Crippen LogP contribution in [0.3, 0.4) is 0 Å². The summed E-state index contributed by atoms with van der Waals surface area (Å²) >= 11 is 5.09. The van der Waals surface area contributed by atoms with Gasteiger partial charge in [-0.3, -0.25) is 0 Å². The van der Waals surface area contributed by atoms with Gasteiger partial charge in [-0.05, 0) is 19.1 Å². The van der Waals surface area contributed by atoms with Crippen molar-refractivity contribution in [1.29, 1.82) is 0 Å². The molecule has 72 valence electrons. The van der Waals surface area contributed by atoms with Crippen LogP contribution in [0.1, 0.15) is 30.8 Å². The lowest BCUT2D eigenvalue weighted by atomic mass is 10.1. The van der Waals surface area contributed by atoms with Gasteiger partial charge in [-0.1, -0.05) is 19.1 Å². The zero-order chi connectivity index (χ0) is 9.84. The lowest BCUT2D eigenvalue weighted by Gasteiger charge is -2.08. The molecule has 1 rings (SSSR count). The van der Waals surface area contributed by atoms with Crippen LogP contribution >= 0.6 is 12.2 Å². The Morgan fingerprint density at radius 2 is 2.31 bits per heavy atom. The van der Waals surface area contributed by atoms with E-state index in [1.165, 1.54) is 0 Å². The summed E-state index contributed by atoms with van der Waals surface area (Å²) < 4.78 is 5.50. The second kappa shape index (κ2) is 4.42. The highest BCUT2D eigenvalue weighted by Crippen LogP contribution is 2.21. The fourth-order valence-corrected chi connectivity index (χ4v) is 1.45. The lowest BCUT2D eigenvalue weighted by molar-refractivity contribution is 0.457. The fraction of sp³-hybridized carbons (Fsp3) is 0.500. The van der Waals surface area contributed by atoms with Gasteiger partial charge in [0, 0.05) is 19.4 Å². The second-order valence-electron chi connectivity index (χ2n) is 3.23. The van der Waals surface area contributed by atoms with Gasteiger partial charge in [-0.25, -0.2) is 0 Å². The summed E-state index contributed by atoms with van der Waals surface area (Å²) in [6.45, 7) is 4.06. The van der Waals surface area contributed by atoms with E-state index in [1.807, 2.05) is 26.1 Å². The third kappa shape index (κ3) is 2.84. The molecule has 1 heterocycles. The highest BCUT2D eigenvalue weighted by molar-refractivity contribution is 7.80. The Morgan fingerprint density at radius 3 is 2.77 bits per heavy atom. The number of hydrogen-bond donors (Lipinski definition) is 1. The van der Waals surface area contributed by atoms with Crippen LogP contribution in [0, 0.1) is 6.92 Å². The number of aryl methyl sites for hydroxylation is 1. The molecule has 1 aromatic heterocycles. The highest BCUT2D eigenvalue weighted by atomic mass is 32.1. The van der Waals surface area contributed by atoms with E-state index >= 15 is 0 Å². The van der Waals surface area contributed by atoms with Crippen LogP contribution < -0.4 is 5.32 Å². The van der Waals surface area contributed by atoms with Crippen LogP contribution in [0.4, 0.5) is 0 Å². The molecule has 0 saturated carbocycles. The Labute approximate surface area is 84.3 Å². The van der Waals surface area contributed by atoms with Crippen molar-refractivity contribution in [2.24, 2.45) is 0 Å². The van der Waals surface area contributed by atoms with Gasteiger partial charge in [-0.2, -0.15) is 0 Å². The second-order valence-corrected chi connectivity index (χ2v) is 3.72. The SMILES string of the molecule is CNC(=S)CC(C)c1ccc(C)o1. The van der Waals surface area contributed by atoms with E-state index in [0.717, 1.165) is 22.9 Å². The van der Waals surface area contributed by atoms with Crippen molar-refractivity contribution >= 4 is 17.2 Å². The van der Waals surface area contributed by atoms with Gasteiger partial charge in [0.1, 0.15) is 11.5 Å². The first-order valence-corrected chi connectivity index (χ1v) is 4.81. The van der Waals surface area contributed by atoms with Crippen molar-refractivity contribution in [3.63, 3.8) is 0 Å².